The summed E-state index contributed by atoms with van der Waals surface area (Å²) in [6, 6.07) is 58.9. The van der Waals surface area contributed by atoms with Crippen molar-refractivity contribution in [1.82, 2.24) is 49.4 Å². The van der Waals surface area contributed by atoms with Gasteiger partial charge in [-0.05, 0) is 201 Å². The quantitative estimate of drug-likeness (QED) is 0.0222. The number of carbonyl (C=O) groups excluding carboxylic acids is 6. The number of pyridine rings is 7. The van der Waals surface area contributed by atoms with Crippen molar-refractivity contribution in [2.45, 2.75) is 43.4 Å². The van der Waals surface area contributed by atoms with Crippen molar-refractivity contribution in [1.29, 1.82) is 0 Å². The molecule has 0 spiro atoms. The number of likely N-dealkylation sites (tertiary alicyclic amines) is 1. The third-order valence-electron chi connectivity index (χ3n) is 18.8. The summed E-state index contributed by atoms with van der Waals surface area (Å²) in [7, 11) is -3.69. The summed E-state index contributed by atoms with van der Waals surface area (Å²) >= 11 is 25.2. The predicted octanol–water partition coefficient (Wildman–Crippen LogP) is 16.5. The number of nitrogens with zero attached hydrogens (tertiary/aromatic N) is 10. The highest BCUT2D eigenvalue weighted by molar-refractivity contribution is 7.89. The number of hydrogen-bond donors (Lipinski definition) is 8. The third kappa shape index (κ3) is 25.5. The highest BCUT2D eigenvalue weighted by atomic mass is 35.5. The lowest BCUT2D eigenvalue weighted by Crippen LogP contribution is -2.41. The van der Waals surface area contributed by atoms with Crippen molar-refractivity contribution >= 4 is 132 Å². The molecule has 0 radical (unpaired) electrons. The van der Waals surface area contributed by atoms with E-state index in [4.69, 9.17) is 56.2 Å². The van der Waals surface area contributed by atoms with Gasteiger partial charge in [0.1, 0.15) is 17.3 Å². The number of allylic oxidation sites excluding steroid dienone is 1. The van der Waals surface area contributed by atoms with Gasteiger partial charge in [-0.25, -0.2) is 23.1 Å². The van der Waals surface area contributed by atoms with Crippen LogP contribution in [0.25, 0.3) is 45.0 Å². The van der Waals surface area contributed by atoms with Gasteiger partial charge in [-0.2, -0.15) is 0 Å². The fourth-order valence-electron chi connectivity index (χ4n) is 12.4. The molecule has 10 heterocycles. The molecule has 2 fully saturated rings. The summed E-state index contributed by atoms with van der Waals surface area (Å²) in [4.78, 5) is 112. The average molecular weight is 1740 g/mol. The fraction of sp³-hybridized carbons (Fsp3) is 0.178. The van der Waals surface area contributed by atoms with E-state index in [0.29, 0.717) is 139 Å². The number of sulfonamides is 1. The van der Waals surface area contributed by atoms with Crippen LogP contribution in [0, 0.1) is 0 Å². The first-order chi connectivity index (χ1) is 59.3. The number of ether oxygens (including phenoxy) is 1. The molecule has 12 aromatic rings. The van der Waals surface area contributed by atoms with E-state index in [0.717, 1.165) is 84.9 Å². The Kier molecular flexibility index (Phi) is 32.1. The number of hydrogen-bond acceptors (Lipinski definition) is 20. The van der Waals surface area contributed by atoms with Crippen LogP contribution >= 0.6 is 46.4 Å². The molecule has 622 valence electrons. The number of halogens is 4. The van der Waals surface area contributed by atoms with E-state index in [1.807, 2.05) is 83.9 Å². The first-order valence-corrected chi connectivity index (χ1v) is 41.8. The minimum Gasteiger partial charge on any atom is -0.396 e. The lowest BCUT2D eigenvalue weighted by atomic mass is 10.1. The molecule has 27 nitrogen and oxygen atoms in total. The summed E-state index contributed by atoms with van der Waals surface area (Å²) in [6.07, 6.45) is 19.8. The van der Waals surface area contributed by atoms with Crippen LogP contribution in [-0.2, 0) is 19.6 Å². The van der Waals surface area contributed by atoms with Crippen molar-refractivity contribution in [2.75, 3.05) is 97.5 Å². The van der Waals surface area contributed by atoms with E-state index in [2.05, 4.69) is 82.6 Å². The Morgan fingerprint density at radius 1 is 0.459 bits per heavy atom. The van der Waals surface area contributed by atoms with Crippen LogP contribution in [0.15, 0.2) is 271 Å². The summed E-state index contributed by atoms with van der Waals surface area (Å²) in [5.41, 5.74) is 11.1. The summed E-state index contributed by atoms with van der Waals surface area (Å²) < 4.78 is 32.0. The van der Waals surface area contributed by atoms with E-state index >= 15 is 0 Å². The fourth-order valence-corrected chi connectivity index (χ4v) is 14.4. The maximum absolute atomic E-state index is 12.6. The number of benzene rings is 5. The summed E-state index contributed by atoms with van der Waals surface area (Å²) in [5, 5.41) is 28.8. The van der Waals surface area contributed by atoms with E-state index in [-0.39, 0.29) is 53.5 Å². The zero-order valence-corrected chi connectivity index (χ0v) is 69.5. The van der Waals surface area contributed by atoms with Gasteiger partial charge in [0.25, 0.3) is 29.5 Å². The molecule has 15 rings (SSSR count). The van der Waals surface area contributed by atoms with Gasteiger partial charge in [-0.3, -0.25) is 58.7 Å². The van der Waals surface area contributed by atoms with Gasteiger partial charge in [-0.1, -0.05) is 76.7 Å². The van der Waals surface area contributed by atoms with Crippen LogP contribution in [0.5, 0.6) is 0 Å². The monoisotopic (exact) mass is 1730 g/mol. The Balaban J connectivity index is 0.000000149. The number of rotatable bonds is 27. The van der Waals surface area contributed by atoms with Gasteiger partial charge in [0.2, 0.25) is 15.9 Å². The number of amides is 6. The SMILES string of the molecule is O=C(Nc1ccc(Cl)c(-c2ccccn2)c1)c1ccc(C(=O)N2CCOCC2)nc1.O=C(Nc1ccc(Cl)c(-c2ccccn2)c1)c1ccc(NCCC2=CCC=N2)nc1.O=C(Nc1ccc(Cl)c(-c2ccccn2)c1)c1ccc(NCCCN2CCCC2=O)nc1.O=C(Nc1ccc(Cl)c(-c2ccccn2)c1)c1ccc(S(=O)(=O)NCCCO)cc1. The second kappa shape index (κ2) is 44.3. The lowest BCUT2D eigenvalue weighted by molar-refractivity contribution is -0.127. The van der Waals surface area contributed by atoms with Crippen molar-refractivity contribution in [3.8, 4) is 45.0 Å². The van der Waals surface area contributed by atoms with E-state index in [9.17, 15) is 37.2 Å². The first kappa shape index (κ1) is 88.3. The van der Waals surface area contributed by atoms with Gasteiger partial charge < -0.3 is 51.5 Å². The minimum atomic E-state index is -3.69. The largest absolute Gasteiger partial charge is 0.396 e. The molecule has 0 unspecified atom stereocenters. The zero-order valence-electron chi connectivity index (χ0n) is 65.7. The van der Waals surface area contributed by atoms with E-state index in [1.54, 1.807) is 145 Å². The van der Waals surface area contributed by atoms with Crippen LogP contribution in [0.4, 0.5) is 34.4 Å². The van der Waals surface area contributed by atoms with Gasteiger partial charge in [0.05, 0.1) is 77.7 Å². The number of aromatic nitrogens is 7. The second-order valence-corrected chi connectivity index (χ2v) is 30.7. The van der Waals surface area contributed by atoms with Gasteiger partial charge >= 0.3 is 0 Å². The number of carbonyl (C=O) groups is 6. The van der Waals surface area contributed by atoms with Crippen LogP contribution in [0.2, 0.25) is 20.1 Å². The maximum Gasteiger partial charge on any atom is 0.272 e. The number of anilines is 6. The van der Waals surface area contributed by atoms with E-state index in [1.165, 1.54) is 36.7 Å². The topological polar surface area (TPSA) is 359 Å². The van der Waals surface area contributed by atoms with Crippen LogP contribution in [0.1, 0.15) is 90.4 Å². The molecule has 122 heavy (non-hydrogen) atoms. The molecule has 8 N–H and O–H groups in total. The van der Waals surface area contributed by atoms with Crippen molar-refractivity contribution in [2.24, 2.45) is 4.99 Å². The first-order valence-electron chi connectivity index (χ1n) is 38.8. The standard InChI is InChI=1S/C24H24ClN5O2.C23H20ClN5O.C22H19ClN4O3.C21H20ClN3O4S/c25-20-9-8-18(15-19(20)21-5-1-2-11-26-21)29-24(32)17-7-10-22(28-16-17)27-12-4-14-30-13-3-6-23(30)31;24-20-8-7-18(14-19(20)21-5-1-2-11-26-21)29-23(30)16-6-9-22(28-15-16)27-13-10-17-4-3-12-25-17;23-18-6-5-16(13-17(18)19-3-1-2-8-24-19)26-21(28)15-4-7-20(25-14-15)22(29)27-9-11-30-12-10-27;22-19-10-7-16(14-18(19)20-4-1-2-11-23-20)25-21(27)15-5-8-17(9-6-15)30(28,29)24-12-3-13-26/h1-2,5,7-11,15-16H,3-4,6,12-14H2,(H,27,28)(H,29,32);1-2,4-9,11-12,14-15H,3,10,13H2,(H,27,28)(H,29,30);1-8,13-14H,9-12H2,(H,26,28);1-2,4-11,14,24,26H,3,12-13H2,(H,25,27). The van der Waals surface area contributed by atoms with Crippen molar-refractivity contribution in [3.63, 3.8) is 0 Å². The molecule has 7 aromatic heterocycles. The van der Waals surface area contributed by atoms with Gasteiger partial charge in [0.15, 0.2) is 0 Å². The van der Waals surface area contributed by atoms with Crippen LogP contribution < -0.4 is 36.6 Å². The third-order valence-corrected chi connectivity index (χ3v) is 21.6. The molecule has 5 aromatic carbocycles. The van der Waals surface area contributed by atoms with Crippen molar-refractivity contribution < 1.29 is 47.0 Å². The number of aliphatic hydroxyl groups excluding tert-OH is 1. The Hall–Kier alpha value is -13.0. The van der Waals surface area contributed by atoms with Gasteiger partial charge in [-0.15, -0.1) is 0 Å². The van der Waals surface area contributed by atoms with Gasteiger partial charge in [0, 0.05) is 178 Å². The Morgan fingerprint density at radius 2 is 0.885 bits per heavy atom. The molecular formula is C90H83Cl4N17O10S. The zero-order chi connectivity index (χ0) is 85.6. The van der Waals surface area contributed by atoms with Crippen molar-refractivity contribution in [3.05, 3.63) is 309 Å². The Labute approximate surface area is 724 Å². The molecule has 0 aliphatic carbocycles. The average Bonchev–Trinajstić information content (AvgIpc) is 1.12. The highest BCUT2D eigenvalue weighted by Gasteiger charge is 2.23. The smallest absolute Gasteiger partial charge is 0.272 e. The molecule has 3 aliphatic heterocycles. The lowest BCUT2D eigenvalue weighted by Gasteiger charge is -2.26. The van der Waals surface area contributed by atoms with Crippen LogP contribution in [-0.4, -0.2) is 166 Å². The molecule has 0 saturated carbocycles. The number of aliphatic hydroxyl groups is 1. The Morgan fingerprint density at radius 3 is 1.26 bits per heavy atom. The molecule has 0 bridgehead atoms. The number of nitrogens with one attached hydrogen (secondary N) is 7. The van der Waals surface area contributed by atoms with Crippen LogP contribution in [0.3, 0.4) is 0 Å². The Bertz CT molecular complexity index is 5780. The second-order valence-electron chi connectivity index (χ2n) is 27.3. The maximum atomic E-state index is 12.6. The summed E-state index contributed by atoms with van der Waals surface area (Å²) in [6.45, 7) is 5.22. The van der Waals surface area contributed by atoms with E-state index < -0.39 is 10.0 Å². The molecule has 2 saturated heterocycles. The molecule has 3 aliphatic rings. The molecule has 32 heteroatoms. The number of aliphatic imine (C=N–C) groups is 1. The molecule has 0 atom stereocenters. The minimum absolute atomic E-state index is 0.0425. The number of morpholine rings is 1. The molecular weight excluding hydrogens is 1650 g/mol. The predicted molar refractivity (Wildman–Crippen MR) is 477 cm³/mol. The highest BCUT2D eigenvalue weighted by Crippen LogP contribution is 2.34. The summed E-state index contributed by atoms with van der Waals surface area (Å²) in [5.74, 6) is 0.272. The molecule has 6 amide bonds. The normalized spacial score (nSPS) is 12.7.